The first-order valence-electron chi connectivity index (χ1n) is 10.00. The van der Waals surface area contributed by atoms with E-state index in [1.54, 1.807) is 0 Å². The zero-order valence-electron chi connectivity index (χ0n) is 16.6. The standard InChI is InChI=1S/C20H31N3O4S/c1-3-5-12-25-14-16-18(24)19(26-13-6-4-2)17(22-23-21)20(27-16)28-15-10-8-7-9-11-15/h7-11,16-20,24H,3-6,12-14H2,1-2H3/t16?,17?,18-,19?,20+/m1/s1. The summed E-state index contributed by atoms with van der Waals surface area (Å²) < 4.78 is 17.8. The van der Waals surface area contributed by atoms with Gasteiger partial charge in [-0.05, 0) is 30.5 Å². The van der Waals surface area contributed by atoms with E-state index in [1.165, 1.54) is 11.8 Å². The molecule has 1 aromatic rings. The maximum Gasteiger partial charge on any atom is 0.119 e. The third kappa shape index (κ3) is 6.95. The molecule has 1 aliphatic rings. The molecule has 0 aromatic heterocycles. The van der Waals surface area contributed by atoms with E-state index in [9.17, 15) is 5.11 Å². The first kappa shape index (κ1) is 23.0. The maximum atomic E-state index is 10.8. The third-order valence-corrected chi connectivity index (χ3v) is 5.72. The molecule has 7 nitrogen and oxygen atoms in total. The molecule has 1 heterocycles. The first-order valence-corrected chi connectivity index (χ1v) is 10.9. The van der Waals surface area contributed by atoms with Crippen LogP contribution in [0, 0.1) is 0 Å². The van der Waals surface area contributed by atoms with E-state index >= 15 is 0 Å². The summed E-state index contributed by atoms with van der Waals surface area (Å²) in [4.78, 5) is 3.98. The minimum Gasteiger partial charge on any atom is -0.388 e. The second kappa shape index (κ2) is 13.0. The summed E-state index contributed by atoms with van der Waals surface area (Å²) in [5, 5.41) is 14.8. The lowest BCUT2D eigenvalue weighted by Gasteiger charge is -2.42. The Hall–Kier alpha value is -1.28. The van der Waals surface area contributed by atoms with Crippen LogP contribution < -0.4 is 0 Å². The number of thioether (sulfide) groups is 1. The highest BCUT2D eigenvalue weighted by atomic mass is 32.2. The zero-order valence-corrected chi connectivity index (χ0v) is 17.5. The maximum absolute atomic E-state index is 10.8. The number of azide groups is 1. The predicted molar refractivity (Wildman–Crippen MR) is 110 cm³/mol. The minimum atomic E-state index is -0.915. The number of aliphatic hydroxyl groups excluding tert-OH is 1. The van der Waals surface area contributed by atoms with Crippen LogP contribution in [0.5, 0.6) is 0 Å². The Labute approximate surface area is 171 Å². The molecule has 5 atom stereocenters. The average Bonchev–Trinajstić information content (AvgIpc) is 2.71. The normalized spacial score (nSPS) is 27.3. The van der Waals surface area contributed by atoms with Crippen LogP contribution in [0.1, 0.15) is 39.5 Å². The van der Waals surface area contributed by atoms with Crippen molar-refractivity contribution in [1.82, 2.24) is 0 Å². The number of unbranched alkanes of at least 4 members (excludes halogenated alkanes) is 2. The lowest BCUT2D eigenvalue weighted by molar-refractivity contribution is -0.187. The van der Waals surface area contributed by atoms with Gasteiger partial charge in [-0.25, -0.2) is 0 Å². The van der Waals surface area contributed by atoms with Crippen LogP contribution in [-0.2, 0) is 14.2 Å². The highest BCUT2D eigenvalue weighted by molar-refractivity contribution is 7.99. The van der Waals surface area contributed by atoms with Crippen LogP contribution in [0.2, 0.25) is 0 Å². The van der Waals surface area contributed by atoms with E-state index in [0.717, 1.165) is 30.6 Å². The fraction of sp³-hybridized carbons (Fsp3) is 0.700. The van der Waals surface area contributed by atoms with E-state index in [4.69, 9.17) is 19.7 Å². The Kier molecular flexibility index (Phi) is 10.7. The topological polar surface area (TPSA) is 96.7 Å². The minimum absolute atomic E-state index is 0.281. The van der Waals surface area contributed by atoms with Gasteiger partial charge in [0.2, 0.25) is 0 Å². The number of rotatable bonds is 12. The fourth-order valence-electron chi connectivity index (χ4n) is 2.96. The van der Waals surface area contributed by atoms with E-state index in [2.05, 4.69) is 23.9 Å². The van der Waals surface area contributed by atoms with Gasteiger partial charge in [0.05, 0.1) is 12.7 Å². The summed E-state index contributed by atoms with van der Waals surface area (Å²) in [5.41, 5.74) is 8.61. The van der Waals surface area contributed by atoms with Crippen LogP contribution in [0.15, 0.2) is 40.3 Å². The van der Waals surface area contributed by atoms with Gasteiger partial charge in [0.15, 0.2) is 0 Å². The van der Waals surface area contributed by atoms with Crippen LogP contribution in [-0.4, -0.2) is 54.7 Å². The van der Waals surface area contributed by atoms with Gasteiger partial charge in [0.25, 0.3) is 0 Å². The second-order valence-electron chi connectivity index (χ2n) is 6.78. The van der Waals surface area contributed by atoms with Crippen molar-refractivity contribution < 1.29 is 19.3 Å². The highest BCUT2D eigenvalue weighted by Crippen LogP contribution is 2.36. The summed E-state index contributed by atoms with van der Waals surface area (Å²) in [6.07, 6.45) is 1.79. The quantitative estimate of drug-likeness (QED) is 0.236. The molecule has 1 N–H and O–H groups in total. The molecule has 0 saturated carbocycles. The van der Waals surface area contributed by atoms with Gasteiger partial charge in [0.1, 0.15) is 23.7 Å². The van der Waals surface area contributed by atoms with Gasteiger partial charge in [-0.2, -0.15) is 0 Å². The molecule has 1 aromatic carbocycles. The molecule has 1 saturated heterocycles. The smallest absolute Gasteiger partial charge is 0.119 e. The first-order chi connectivity index (χ1) is 13.7. The molecule has 28 heavy (non-hydrogen) atoms. The van der Waals surface area contributed by atoms with Gasteiger partial charge in [0, 0.05) is 23.0 Å². The van der Waals surface area contributed by atoms with Crippen LogP contribution in [0.25, 0.3) is 10.4 Å². The monoisotopic (exact) mass is 409 g/mol. The fourth-order valence-corrected chi connectivity index (χ4v) is 4.09. The van der Waals surface area contributed by atoms with Crippen molar-refractivity contribution in [2.45, 2.75) is 74.2 Å². The average molecular weight is 410 g/mol. The van der Waals surface area contributed by atoms with Crippen molar-refractivity contribution in [3.63, 3.8) is 0 Å². The summed E-state index contributed by atoms with van der Waals surface area (Å²) in [6, 6.07) is 9.17. The molecule has 1 fully saturated rings. The lowest BCUT2D eigenvalue weighted by Crippen LogP contribution is -2.58. The highest BCUT2D eigenvalue weighted by Gasteiger charge is 2.46. The van der Waals surface area contributed by atoms with Crippen LogP contribution in [0.4, 0.5) is 0 Å². The number of benzene rings is 1. The van der Waals surface area contributed by atoms with Crippen molar-refractivity contribution in [3.05, 3.63) is 40.8 Å². The van der Waals surface area contributed by atoms with Gasteiger partial charge < -0.3 is 19.3 Å². The Morgan fingerprint density at radius 1 is 1.18 bits per heavy atom. The van der Waals surface area contributed by atoms with Gasteiger partial charge in [-0.3, -0.25) is 0 Å². The Bertz CT molecular complexity index is 600. The molecule has 0 spiro atoms. The van der Waals surface area contributed by atoms with Crippen molar-refractivity contribution in [2.24, 2.45) is 5.11 Å². The number of hydrogen-bond donors (Lipinski definition) is 1. The Balaban J connectivity index is 2.16. The molecular weight excluding hydrogens is 378 g/mol. The molecule has 2 rings (SSSR count). The summed E-state index contributed by atoms with van der Waals surface area (Å²) >= 11 is 1.47. The molecule has 1 aliphatic heterocycles. The number of ether oxygens (including phenoxy) is 3. The van der Waals surface area contributed by atoms with Gasteiger partial charge in [-0.1, -0.05) is 61.8 Å². The summed E-state index contributed by atoms with van der Waals surface area (Å²) in [5.74, 6) is 0. The molecule has 8 heteroatoms. The van der Waals surface area contributed by atoms with Crippen molar-refractivity contribution in [2.75, 3.05) is 19.8 Å². The molecular formula is C20H31N3O4S. The summed E-state index contributed by atoms with van der Waals surface area (Å²) in [7, 11) is 0. The summed E-state index contributed by atoms with van der Waals surface area (Å²) in [6.45, 7) is 5.59. The van der Waals surface area contributed by atoms with Crippen molar-refractivity contribution in [3.8, 4) is 0 Å². The largest absolute Gasteiger partial charge is 0.388 e. The Morgan fingerprint density at radius 3 is 2.57 bits per heavy atom. The van der Waals surface area contributed by atoms with Crippen LogP contribution in [0.3, 0.4) is 0 Å². The molecule has 156 valence electrons. The van der Waals surface area contributed by atoms with Crippen LogP contribution >= 0.6 is 11.8 Å². The van der Waals surface area contributed by atoms with E-state index < -0.39 is 29.8 Å². The zero-order chi connectivity index (χ0) is 20.2. The molecule has 0 radical (unpaired) electrons. The van der Waals surface area contributed by atoms with Crippen molar-refractivity contribution in [1.29, 1.82) is 0 Å². The second-order valence-corrected chi connectivity index (χ2v) is 7.95. The number of aliphatic hydroxyl groups is 1. The van der Waals surface area contributed by atoms with E-state index in [1.807, 2.05) is 30.3 Å². The predicted octanol–water partition coefficient (Wildman–Crippen LogP) is 4.55. The van der Waals surface area contributed by atoms with E-state index in [0.29, 0.717) is 13.2 Å². The molecule has 3 unspecified atom stereocenters. The van der Waals surface area contributed by atoms with Gasteiger partial charge in [-0.15, -0.1) is 0 Å². The number of nitrogens with zero attached hydrogens (tertiary/aromatic N) is 3. The SMILES string of the molecule is CCCCOCC1O[C@@H](Sc2ccccc2)C(N=[N+]=[N-])C(OCCCC)[C@@H]1O. The molecule has 0 aliphatic carbocycles. The molecule has 0 amide bonds. The number of hydrogen-bond acceptors (Lipinski definition) is 6. The van der Waals surface area contributed by atoms with Crippen molar-refractivity contribution >= 4 is 11.8 Å². The lowest BCUT2D eigenvalue weighted by atomic mass is 9.98. The van der Waals surface area contributed by atoms with E-state index in [-0.39, 0.29) is 6.61 Å². The third-order valence-electron chi connectivity index (χ3n) is 4.55. The van der Waals surface area contributed by atoms with Gasteiger partial charge >= 0.3 is 0 Å². The Morgan fingerprint density at radius 2 is 1.89 bits per heavy atom. The molecule has 0 bridgehead atoms.